The topological polar surface area (TPSA) is 75.4 Å². The minimum Gasteiger partial charge on any atom is -0.505 e. The third-order valence-corrected chi connectivity index (χ3v) is 4.34. The van der Waals surface area contributed by atoms with E-state index >= 15 is 0 Å². The van der Waals surface area contributed by atoms with Gasteiger partial charge in [-0.25, -0.2) is 0 Å². The third kappa shape index (κ3) is 5.61. The molecule has 0 bridgehead atoms. The molecule has 0 saturated heterocycles. The molecule has 0 aliphatic rings. The Hall–Kier alpha value is -3.27. The molecule has 1 amide bonds. The van der Waals surface area contributed by atoms with E-state index in [1.54, 1.807) is 12.1 Å². The summed E-state index contributed by atoms with van der Waals surface area (Å²) in [6.45, 7) is 4.75. The molecule has 0 heterocycles. The molecule has 3 rings (SSSR count). The average molecular weight is 377 g/mol. The summed E-state index contributed by atoms with van der Waals surface area (Å²) >= 11 is 0. The third-order valence-electron chi connectivity index (χ3n) is 4.34. The van der Waals surface area contributed by atoms with Gasteiger partial charge in [0.2, 0.25) is 0 Å². The number of carbonyl (C=O) groups is 1. The number of hydrogen-bond acceptors (Lipinski definition) is 3. The highest BCUT2D eigenvalue weighted by molar-refractivity contribution is 6.00. The van der Waals surface area contributed by atoms with Gasteiger partial charge >= 0.3 is 0 Å². The quantitative estimate of drug-likeness (QED) is 0.413. The number of carbonyl (C=O) groups excluding carboxylic acids is 1. The van der Waals surface area contributed by atoms with Crippen molar-refractivity contribution in [1.29, 1.82) is 0 Å². The molecule has 4 N–H and O–H groups in total. The molecule has 0 aliphatic carbocycles. The van der Waals surface area contributed by atoms with Gasteiger partial charge in [0.25, 0.3) is 5.91 Å². The number of phenols is 1. The van der Waals surface area contributed by atoms with Gasteiger partial charge in [0.15, 0.2) is 5.75 Å². The minimum absolute atomic E-state index is 0.170. The lowest BCUT2D eigenvalue weighted by Gasteiger charge is -2.12. The molecule has 4 nitrogen and oxygen atoms in total. The Balaban J connectivity index is 0.000000640. The Bertz CT molecular complexity index is 876. The highest BCUT2D eigenvalue weighted by Crippen LogP contribution is 2.35. The van der Waals surface area contributed by atoms with Gasteiger partial charge in [-0.1, -0.05) is 93.4 Å². The molecule has 0 atom stereocenters. The number of rotatable bonds is 5. The lowest BCUT2D eigenvalue weighted by atomic mass is 10.0. The number of nitrogens with one attached hydrogen (secondary N) is 1. The van der Waals surface area contributed by atoms with Crippen LogP contribution < -0.4 is 11.1 Å². The monoisotopic (exact) mass is 376 g/mol. The minimum atomic E-state index is -0.359. The summed E-state index contributed by atoms with van der Waals surface area (Å²) in [6, 6.07) is 22.4. The fourth-order valence-corrected chi connectivity index (χ4v) is 2.53. The van der Waals surface area contributed by atoms with Crippen LogP contribution in [0.3, 0.4) is 0 Å². The van der Waals surface area contributed by atoms with Crippen molar-refractivity contribution in [2.45, 2.75) is 33.2 Å². The van der Waals surface area contributed by atoms with Crippen molar-refractivity contribution in [3.05, 3.63) is 83.9 Å². The Morgan fingerprint density at radius 1 is 0.893 bits per heavy atom. The van der Waals surface area contributed by atoms with Crippen molar-refractivity contribution in [3.8, 4) is 16.9 Å². The summed E-state index contributed by atoms with van der Waals surface area (Å²) in [5.41, 5.74) is 8.98. The summed E-state index contributed by atoms with van der Waals surface area (Å²) in [5, 5.41) is 13.1. The van der Waals surface area contributed by atoms with Crippen molar-refractivity contribution in [3.63, 3.8) is 0 Å². The number of phenolic OH excluding ortho intramolecular Hbond substituents is 1. The van der Waals surface area contributed by atoms with Crippen molar-refractivity contribution in [1.82, 2.24) is 5.32 Å². The smallest absolute Gasteiger partial charge is 0.255 e. The zero-order valence-corrected chi connectivity index (χ0v) is 16.5. The van der Waals surface area contributed by atoms with Gasteiger partial charge < -0.3 is 16.2 Å². The molecule has 0 radical (unpaired) electrons. The second kappa shape index (κ2) is 10.8. The number of nitrogens with two attached hydrogens (primary N) is 1. The van der Waals surface area contributed by atoms with E-state index in [9.17, 15) is 9.90 Å². The van der Waals surface area contributed by atoms with E-state index in [0.717, 1.165) is 11.1 Å². The summed E-state index contributed by atoms with van der Waals surface area (Å²) in [5.74, 6) is -0.551. The molecule has 0 unspecified atom stereocenters. The molecule has 4 heteroatoms. The number of unbranched alkanes of at least 4 members (excludes halogenated alkanes) is 1. The van der Waals surface area contributed by atoms with Gasteiger partial charge in [-0.15, -0.1) is 0 Å². The number of amides is 1. The molecule has 0 spiro atoms. The van der Waals surface area contributed by atoms with E-state index in [0.29, 0.717) is 12.1 Å². The van der Waals surface area contributed by atoms with Gasteiger partial charge in [-0.3, -0.25) is 4.79 Å². The maximum absolute atomic E-state index is 12.3. The van der Waals surface area contributed by atoms with E-state index in [-0.39, 0.29) is 22.9 Å². The van der Waals surface area contributed by atoms with E-state index in [4.69, 9.17) is 5.73 Å². The zero-order chi connectivity index (χ0) is 20.4. The lowest BCUT2D eigenvalue weighted by molar-refractivity contribution is 0.0948. The van der Waals surface area contributed by atoms with Gasteiger partial charge in [0, 0.05) is 12.1 Å². The van der Waals surface area contributed by atoms with Gasteiger partial charge in [-0.2, -0.15) is 0 Å². The predicted molar refractivity (Wildman–Crippen MR) is 116 cm³/mol. The first kappa shape index (κ1) is 21.0. The fourth-order valence-electron chi connectivity index (χ4n) is 2.53. The first-order chi connectivity index (χ1) is 13.6. The van der Waals surface area contributed by atoms with Gasteiger partial charge in [-0.05, 0) is 17.2 Å². The van der Waals surface area contributed by atoms with Crippen LogP contribution in [-0.4, -0.2) is 11.0 Å². The van der Waals surface area contributed by atoms with Crippen LogP contribution in [0.5, 0.6) is 5.75 Å². The van der Waals surface area contributed by atoms with Crippen LogP contribution in [0, 0.1) is 0 Å². The molecule has 3 aromatic carbocycles. The van der Waals surface area contributed by atoms with E-state index in [1.807, 2.05) is 60.7 Å². The van der Waals surface area contributed by atoms with Crippen molar-refractivity contribution in [2.24, 2.45) is 0 Å². The van der Waals surface area contributed by atoms with E-state index in [2.05, 4.69) is 19.2 Å². The first-order valence-electron chi connectivity index (χ1n) is 9.57. The standard InChI is InChI=1S/C20H18N2O2.C4H10/c21-18-16(15-9-5-2-6-10-15)11-12-17(19(18)23)20(24)22-13-14-7-3-1-4-8-14;1-3-4-2/h1-12,23H,13,21H2,(H,22,24);3-4H2,1-2H3. The van der Waals surface area contributed by atoms with Crippen LogP contribution in [0.15, 0.2) is 72.8 Å². The first-order valence-corrected chi connectivity index (χ1v) is 9.57. The van der Waals surface area contributed by atoms with Crippen LogP contribution >= 0.6 is 0 Å². The molecule has 0 aromatic heterocycles. The van der Waals surface area contributed by atoms with Crippen molar-refractivity contribution < 1.29 is 9.90 Å². The maximum Gasteiger partial charge on any atom is 0.255 e. The summed E-state index contributed by atoms with van der Waals surface area (Å²) < 4.78 is 0. The number of aromatic hydroxyl groups is 1. The molecular weight excluding hydrogens is 348 g/mol. The van der Waals surface area contributed by atoms with Crippen molar-refractivity contribution >= 4 is 11.6 Å². The lowest BCUT2D eigenvalue weighted by Crippen LogP contribution is -2.23. The zero-order valence-electron chi connectivity index (χ0n) is 16.5. The molecule has 3 aromatic rings. The normalized spacial score (nSPS) is 9.93. The number of anilines is 1. The molecule has 0 aliphatic heterocycles. The van der Waals surface area contributed by atoms with Gasteiger partial charge in [0.05, 0.1) is 11.3 Å². The number of benzene rings is 3. The largest absolute Gasteiger partial charge is 0.505 e. The molecule has 146 valence electrons. The van der Waals surface area contributed by atoms with Crippen LogP contribution in [-0.2, 0) is 6.54 Å². The molecule has 0 fully saturated rings. The Kier molecular flexibility index (Phi) is 8.10. The molecule has 28 heavy (non-hydrogen) atoms. The van der Waals surface area contributed by atoms with Gasteiger partial charge in [0.1, 0.15) is 0 Å². The number of nitrogen functional groups attached to an aromatic ring is 1. The highest BCUT2D eigenvalue weighted by atomic mass is 16.3. The van der Waals surface area contributed by atoms with Crippen LogP contribution in [0.2, 0.25) is 0 Å². The predicted octanol–water partition coefficient (Wildman–Crippen LogP) is 5.38. The summed E-state index contributed by atoms with van der Waals surface area (Å²) in [6.07, 6.45) is 2.64. The molecular formula is C24H28N2O2. The Morgan fingerprint density at radius 3 is 2.04 bits per heavy atom. The second-order valence-electron chi connectivity index (χ2n) is 6.46. The van der Waals surface area contributed by atoms with E-state index < -0.39 is 0 Å². The maximum atomic E-state index is 12.3. The second-order valence-corrected chi connectivity index (χ2v) is 6.46. The molecule has 0 saturated carbocycles. The highest BCUT2D eigenvalue weighted by Gasteiger charge is 2.16. The fraction of sp³-hybridized carbons (Fsp3) is 0.208. The Labute approximate surface area is 167 Å². The SMILES string of the molecule is CCCC.Nc1c(-c2ccccc2)ccc(C(=O)NCc2ccccc2)c1O. The van der Waals surface area contributed by atoms with Crippen LogP contribution in [0.1, 0.15) is 42.6 Å². The summed E-state index contributed by atoms with van der Waals surface area (Å²) in [7, 11) is 0. The summed E-state index contributed by atoms with van der Waals surface area (Å²) in [4.78, 5) is 12.3. The Morgan fingerprint density at radius 2 is 1.46 bits per heavy atom. The average Bonchev–Trinajstić information content (AvgIpc) is 2.75. The van der Waals surface area contributed by atoms with Crippen LogP contribution in [0.25, 0.3) is 11.1 Å². The van der Waals surface area contributed by atoms with E-state index in [1.165, 1.54) is 12.8 Å². The number of hydrogen-bond donors (Lipinski definition) is 3. The van der Waals surface area contributed by atoms with Crippen molar-refractivity contribution in [2.75, 3.05) is 5.73 Å². The van der Waals surface area contributed by atoms with Crippen LogP contribution in [0.4, 0.5) is 5.69 Å².